The van der Waals surface area contributed by atoms with Gasteiger partial charge in [0.15, 0.2) is 5.65 Å². The zero-order valence-electron chi connectivity index (χ0n) is 13.1. The fourth-order valence-electron chi connectivity index (χ4n) is 3.08. The summed E-state index contributed by atoms with van der Waals surface area (Å²) in [5.41, 5.74) is 8.84. The molecule has 0 radical (unpaired) electrons. The molecule has 7 nitrogen and oxygen atoms in total. The van der Waals surface area contributed by atoms with Crippen molar-refractivity contribution in [3.63, 3.8) is 0 Å². The van der Waals surface area contributed by atoms with Crippen LogP contribution in [0.15, 0.2) is 36.7 Å². The molecule has 0 atom stereocenters. The molecule has 118 valence electrons. The van der Waals surface area contributed by atoms with Gasteiger partial charge in [0.2, 0.25) is 5.95 Å². The third-order valence-electron chi connectivity index (χ3n) is 4.26. The average molecular weight is 309 g/mol. The summed E-state index contributed by atoms with van der Waals surface area (Å²) in [5.74, 6) is 1.35. The predicted octanol–water partition coefficient (Wildman–Crippen LogP) is 1.34. The summed E-state index contributed by atoms with van der Waals surface area (Å²) in [6.07, 6.45) is 3.86. The van der Waals surface area contributed by atoms with Crippen LogP contribution in [0.2, 0.25) is 0 Å². The molecule has 0 amide bonds. The van der Waals surface area contributed by atoms with Crippen LogP contribution in [0.25, 0.3) is 5.65 Å². The highest BCUT2D eigenvalue weighted by molar-refractivity contribution is 5.59. The SMILES string of the molecule is Cc1cc2nc(N)nn2cc1N1CCN(c2ccccn2)CC1. The zero-order valence-corrected chi connectivity index (χ0v) is 13.1. The molecular formula is C16H19N7. The first-order chi connectivity index (χ1) is 11.2. The molecule has 0 bridgehead atoms. The molecule has 7 heteroatoms. The van der Waals surface area contributed by atoms with E-state index in [1.807, 2.05) is 30.6 Å². The van der Waals surface area contributed by atoms with Gasteiger partial charge in [0.1, 0.15) is 5.82 Å². The molecule has 3 aromatic heterocycles. The van der Waals surface area contributed by atoms with E-state index in [9.17, 15) is 0 Å². The molecule has 1 aliphatic heterocycles. The van der Waals surface area contributed by atoms with Crippen molar-refractivity contribution < 1.29 is 0 Å². The second-order valence-corrected chi connectivity index (χ2v) is 5.78. The first-order valence-corrected chi connectivity index (χ1v) is 7.74. The van der Waals surface area contributed by atoms with E-state index >= 15 is 0 Å². The first kappa shape index (κ1) is 13.8. The molecule has 0 aliphatic carbocycles. The third kappa shape index (κ3) is 2.54. The number of nitrogens with zero attached hydrogens (tertiary/aromatic N) is 6. The summed E-state index contributed by atoms with van der Waals surface area (Å²) in [5, 5.41) is 4.21. The number of pyridine rings is 2. The molecule has 4 heterocycles. The maximum Gasteiger partial charge on any atom is 0.240 e. The second-order valence-electron chi connectivity index (χ2n) is 5.78. The molecule has 4 rings (SSSR count). The number of fused-ring (bicyclic) bond motifs is 1. The molecule has 0 spiro atoms. The molecule has 1 aliphatic rings. The Morgan fingerprint density at radius 1 is 1.09 bits per heavy atom. The summed E-state index contributed by atoms with van der Waals surface area (Å²) < 4.78 is 1.75. The van der Waals surface area contributed by atoms with E-state index in [2.05, 4.69) is 37.9 Å². The number of hydrogen-bond acceptors (Lipinski definition) is 6. The highest BCUT2D eigenvalue weighted by Gasteiger charge is 2.20. The molecule has 0 aromatic carbocycles. The van der Waals surface area contributed by atoms with Crippen LogP contribution < -0.4 is 15.5 Å². The number of anilines is 3. The lowest BCUT2D eigenvalue weighted by Crippen LogP contribution is -2.47. The Bertz CT molecular complexity index is 819. The molecule has 0 unspecified atom stereocenters. The van der Waals surface area contributed by atoms with E-state index in [0.717, 1.165) is 37.6 Å². The number of piperazine rings is 1. The topological polar surface area (TPSA) is 75.6 Å². The maximum absolute atomic E-state index is 5.68. The van der Waals surface area contributed by atoms with Crippen molar-refractivity contribution in [1.82, 2.24) is 19.6 Å². The third-order valence-corrected chi connectivity index (χ3v) is 4.26. The second kappa shape index (κ2) is 5.42. The lowest BCUT2D eigenvalue weighted by Gasteiger charge is -2.37. The van der Waals surface area contributed by atoms with Crippen LogP contribution in [-0.2, 0) is 0 Å². The van der Waals surface area contributed by atoms with Gasteiger partial charge in [0.05, 0.1) is 11.9 Å². The van der Waals surface area contributed by atoms with Crippen LogP contribution in [0.3, 0.4) is 0 Å². The number of aryl methyl sites for hydroxylation is 1. The Morgan fingerprint density at radius 3 is 2.61 bits per heavy atom. The van der Waals surface area contributed by atoms with E-state index in [1.54, 1.807) is 4.52 Å². The number of nitrogen functional groups attached to an aromatic ring is 1. The van der Waals surface area contributed by atoms with Gasteiger partial charge in [-0.05, 0) is 30.7 Å². The Labute approximate surface area is 134 Å². The van der Waals surface area contributed by atoms with Crippen LogP contribution in [0.4, 0.5) is 17.5 Å². The zero-order chi connectivity index (χ0) is 15.8. The Morgan fingerprint density at radius 2 is 1.87 bits per heavy atom. The maximum atomic E-state index is 5.68. The number of hydrogen-bond donors (Lipinski definition) is 1. The predicted molar refractivity (Wildman–Crippen MR) is 90.8 cm³/mol. The molecular weight excluding hydrogens is 290 g/mol. The van der Waals surface area contributed by atoms with Gasteiger partial charge in [-0.15, -0.1) is 5.10 Å². The Hall–Kier alpha value is -2.83. The fraction of sp³-hybridized carbons (Fsp3) is 0.312. The smallest absolute Gasteiger partial charge is 0.240 e. The van der Waals surface area contributed by atoms with E-state index in [0.29, 0.717) is 5.95 Å². The van der Waals surface area contributed by atoms with Crippen molar-refractivity contribution in [1.29, 1.82) is 0 Å². The molecule has 1 fully saturated rings. The summed E-state index contributed by atoms with van der Waals surface area (Å²) in [4.78, 5) is 13.3. The van der Waals surface area contributed by atoms with Gasteiger partial charge in [0.25, 0.3) is 0 Å². The molecule has 23 heavy (non-hydrogen) atoms. The Balaban J connectivity index is 1.55. The van der Waals surface area contributed by atoms with Gasteiger partial charge in [-0.25, -0.2) is 9.50 Å². The molecule has 2 N–H and O–H groups in total. The summed E-state index contributed by atoms with van der Waals surface area (Å²) in [6, 6.07) is 8.07. The Kier molecular flexibility index (Phi) is 3.25. The van der Waals surface area contributed by atoms with E-state index in [-0.39, 0.29) is 0 Å². The standard InChI is InChI=1S/C16H19N7/c1-12-10-15-19-16(17)20-23(15)11-13(12)21-6-8-22(9-7-21)14-4-2-3-5-18-14/h2-5,10-11H,6-9H2,1H3,(H2,17,20). The highest BCUT2D eigenvalue weighted by Crippen LogP contribution is 2.23. The van der Waals surface area contributed by atoms with Crippen molar-refractivity contribution >= 4 is 23.1 Å². The highest BCUT2D eigenvalue weighted by atomic mass is 15.3. The van der Waals surface area contributed by atoms with E-state index < -0.39 is 0 Å². The van der Waals surface area contributed by atoms with Gasteiger partial charge in [-0.1, -0.05) is 6.07 Å². The first-order valence-electron chi connectivity index (χ1n) is 7.74. The number of aromatic nitrogens is 4. The quantitative estimate of drug-likeness (QED) is 0.770. The summed E-state index contributed by atoms with van der Waals surface area (Å²) in [6.45, 7) is 5.91. The fourth-order valence-corrected chi connectivity index (χ4v) is 3.08. The van der Waals surface area contributed by atoms with Gasteiger partial charge in [-0.3, -0.25) is 0 Å². The average Bonchev–Trinajstić information content (AvgIpc) is 2.94. The molecule has 0 saturated carbocycles. The van der Waals surface area contributed by atoms with Crippen molar-refractivity contribution in [2.75, 3.05) is 41.7 Å². The van der Waals surface area contributed by atoms with Crippen molar-refractivity contribution in [3.8, 4) is 0 Å². The van der Waals surface area contributed by atoms with E-state index in [1.165, 1.54) is 11.3 Å². The minimum atomic E-state index is 0.307. The van der Waals surface area contributed by atoms with Gasteiger partial charge in [-0.2, -0.15) is 4.98 Å². The van der Waals surface area contributed by atoms with Crippen molar-refractivity contribution in [3.05, 3.63) is 42.2 Å². The largest absolute Gasteiger partial charge is 0.367 e. The lowest BCUT2D eigenvalue weighted by molar-refractivity contribution is 0.644. The van der Waals surface area contributed by atoms with Gasteiger partial charge in [0, 0.05) is 32.4 Å². The minimum Gasteiger partial charge on any atom is -0.367 e. The van der Waals surface area contributed by atoms with E-state index in [4.69, 9.17) is 5.73 Å². The minimum absolute atomic E-state index is 0.307. The van der Waals surface area contributed by atoms with Crippen LogP contribution in [0, 0.1) is 6.92 Å². The number of nitrogens with two attached hydrogens (primary N) is 1. The van der Waals surface area contributed by atoms with Crippen molar-refractivity contribution in [2.45, 2.75) is 6.92 Å². The normalized spacial score (nSPS) is 15.3. The molecule has 1 saturated heterocycles. The van der Waals surface area contributed by atoms with Gasteiger partial charge >= 0.3 is 0 Å². The lowest BCUT2D eigenvalue weighted by atomic mass is 10.2. The molecule has 3 aromatic rings. The van der Waals surface area contributed by atoms with Crippen LogP contribution in [0.5, 0.6) is 0 Å². The van der Waals surface area contributed by atoms with Crippen LogP contribution in [-0.4, -0.2) is 45.8 Å². The van der Waals surface area contributed by atoms with Crippen LogP contribution >= 0.6 is 0 Å². The summed E-state index contributed by atoms with van der Waals surface area (Å²) in [7, 11) is 0. The summed E-state index contributed by atoms with van der Waals surface area (Å²) >= 11 is 0. The monoisotopic (exact) mass is 309 g/mol. The number of rotatable bonds is 2. The van der Waals surface area contributed by atoms with Gasteiger partial charge < -0.3 is 15.5 Å². The van der Waals surface area contributed by atoms with Crippen molar-refractivity contribution in [2.24, 2.45) is 0 Å². The van der Waals surface area contributed by atoms with Crippen LogP contribution in [0.1, 0.15) is 5.56 Å².